The van der Waals surface area contributed by atoms with Crippen molar-refractivity contribution < 1.29 is 14.3 Å². The van der Waals surface area contributed by atoms with E-state index in [9.17, 15) is 9.59 Å². The normalized spacial score (nSPS) is 23.0. The Balaban J connectivity index is 1.36. The number of hydrogen-bond donors (Lipinski definition) is 3. The van der Waals surface area contributed by atoms with Crippen molar-refractivity contribution in [2.45, 2.75) is 50.9 Å². The minimum absolute atomic E-state index is 0.128. The first kappa shape index (κ1) is 22.1. The molecule has 170 valence electrons. The van der Waals surface area contributed by atoms with Gasteiger partial charge in [-0.05, 0) is 75.1 Å². The van der Waals surface area contributed by atoms with Gasteiger partial charge in [0.25, 0.3) is 5.91 Å². The van der Waals surface area contributed by atoms with E-state index in [0.29, 0.717) is 17.3 Å². The minimum atomic E-state index is -0.511. The van der Waals surface area contributed by atoms with Crippen molar-refractivity contribution in [3.63, 3.8) is 0 Å². The monoisotopic (exact) mass is 436 g/mol. The van der Waals surface area contributed by atoms with Crippen LogP contribution in [-0.4, -0.2) is 35.4 Å². The van der Waals surface area contributed by atoms with Crippen LogP contribution in [0.5, 0.6) is 5.75 Å². The Morgan fingerprint density at radius 3 is 2.50 bits per heavy atom. The molecule has 2 aromatic rings. The van der Waals surface area contributed by atoms with Crippen molar-refractivity contribution in [3.05, 3.63) is 47.9 Å². The summed E-state index contributed by atoms with van der Waals surface area (Å²) in [7, 11) is 1.62. The number of nitrogens with zero attached hydrogens (tertiary/aromatic N) is 1. The van der Waals surface area contributed by atoms with Crippen LogP contribution in [0, 0.1) is 11.8 Å². The zero-order chi connectivity index (χ0) is 22.5. The third-order valence-corrected chi connectivity index (χ3v) is 6.77. The second-order valence-electron chi connectivity index (χ2n) is 8.88. The second-order valence-corrected chi connectivity index (χ2v) is 8.88. The molecule has 1 fully saturated rings. The summed E-state index contributed by atoms with van der Waals surface area (Å²) in [5, 5.41) is 3.17. The van der Waals surface area contributed by atoms with Crippen molar-refractivity contribution >= 4 is 11.8 Å². The molecule has 0 aliphatic heterocycles. The maximum atomic E-state index is 12.4. The standard InChI is InChI=1S/C25H32N4O3/c1-32-20-13-11-17(12-14-20)21-22(23(26)30)29-24(28-21)18-9-7-16(8-10-18)15-27-25(31)19-5-3-2-4-6-19/h2-3,11-14,16,18-19H,4-10,15H2,1H3,(H2,26,30)(H,27,31)(H,28,29). The first-order valence-corrected chi connectivity index (χ1v) is 11.5. The molecule has 7 nitrogen and oxygen atoms in total. The number of methoxy groups -OCH3 is 1. The molecule has 2 aliphatic rings. The van der Waals surface area contributed by atoms with Gasteiger partial charge in [-0.1, -0.05) is 12.2 Å². The van der Waals surface area contributed by atoms with Gasteiger partial charge in [0.05, 0.1) is 7.11 Å². The number of nitrogens with one attached hydrogen (secondary N) is 2. The molecule has 0 bridgehead atoms. The van der Waals surface area contributed by atoms with Crippen LogP contribution in [0.2, 0.25) is 0 Å². The van der Waals surface area contributed by atoms with E-state index in [4.69, 9.17) is 15.5 Å². The average Bonchev–Trinajstić information content (AvgIpc) is 3.29. The number of primary amides is 1. The van der Waals surface area contributed by atoms with Crippen molar-refractivity contribution in [2.75, 3.05) is 13.7 Å². The summed E-state index contributed by atoms with van der Waals surface area (Å²) in [4.78, 5) is 32.4. The number of amides is 2. The molecule has 1 aromatic heterocycles. The summed E-state index contributed by atoms with van der Waals surface area (Å²) in [6, 6.07) is 7.45. The highest BCUT2D eigenvalue weighted by Crippen LogP contribution is 2.36. The van der Waals surface area contributed by atoms with Crippen LogP contribution >= 0.6 is 0 Å². The molecular formula is C25H32N4O3. The fourth-order valence-electron chi connectivity index (χ4n) is 4.78. The van der Waals surface area contributed by atoms with Crippen molar-refractivity contribution in [1.82, 2.24) is 15.3 Å². The molecule has 1 atom stereocenters. The number of rotatable bonds is 7. The highest BCUT2D eigenvalue weighted by molar-refractivity contribution is 5.97. The van der Waals surface area contributed by atoms with E-state index >= 15 is 0 Å². The smallest absolute Gasteiger partial charge is 0.267 e. The van der Waals surface area contributed by atoms with Gasteiger partial charge >= 0.3 is 0 Å². The molecule has 1 unspecified atom stereocenters. The fourth-order valence-corrected chi connectivity index (χ4v) is 4.78. The molecule has 7 heteroatoms. The predicted octanol–water partition coefficient (Wildman–Crippen LogP) is 3.93. The Bertz CT molecular complexity index is 972. The topological polar surface area (TPSA) is 110 Å². The van der Waals surface area contributed by atoms with Gasteiger partial charge in [0.2, 0.25) is 5.91 Å². The molecular weight excluding hydrogens is 404 g/mol. The lowest BCUT2D eigenvalue weighted by atomic mass is 9.81. The zero-order valence-electron chi connectivity index (χ0n) is 18.6. The number of nitrogens with two attached hydrogens (primary N) is 1. The van der Waals surface area contributed by atoms with Crippen LogP contribution in [-0.2, 0) is 4.79 Å². The van der Waals surface area contributed by atoms with Gasteiger partial charge in [-0.15, -0.1) is 0 Å². The summed E-state index contributed by atoms with van der Waals surface area (Å²) in [6.45, 7) is 0.744. The van der Waals surface area contributed by atoms with Gasteiger partial charge in [-0.25, -0.2) is 4.98 Å². The van der Waals surface area contributed by atoms with Crippen LogP contribution in [0.15, 0.2) is 36.4 Å². The SMILES string of the molecule is COc1ccc(-c2nc(C3CCC(CNC(=O)C4CC=CCC4)CC3)[nH]c2C(N)=O)cc1. The maximum Gasteiger partial charge on any atom is 0.267 e. The van der Waals surface area contributed by atoms with Gasteiger partial charge < -0.3 is 20.8 Å². The van der Waals surface area contributed by atoms with Gasteiger partial charge in [0.1, 0.15) is 23.0 Å². The Labute approximate surface area is 188 Å². The predicted molar refractivity (Wildman–Crippen MR) is 123 cm³/mol. The third kappa shape index (κ3) is 5.03. The van der Waals surface area contributed by atoms with E-state index in [0.717, 1.165) is 68.6 Å². The van der Waals surface area contributed by atoms with Crippen molar-refractivity contribution in [2.24, 2.45) is 17.6 Å². The molecule has 32 heavy (non-hydrogen) atoms. The van der Waals surface area contributed by atoms with E-state index in [1.54, 1.807) is 7.11 Å². The van der Waals surface area contributed by atoms with E-state index in [1.807, 2.05) is 24.3 Å². The molecule has 2 amide bonds. The first-order chi connectivity index (χ1) is 15.5. The second kappa shape index (κ2) is 10.0. The average molecular weight is 437 g/mol. The molecule has 1 saturated carbocycles. The van der Waals surface area contributed by atoms with Crippen LogP contribution < -0.4 is 15.8 Å². The molecule has 0 saturated heterocycles. The van der Waals surface area contributed by atoms with Crippen molar-refractivity contribution in [3.8, 4) is 17.0 Å². The van der Waals surface area contributed by atoms with Gasteiger partial charge in [0.15, 0.2) is 0 Å². The quantitative estimate of drug-likeness (QED) is 0.571. The molecule has 4 rings (SSSR count). The lowest BCUT2D eigenvalue weighted by Gasteiger charge is -2.28. The van der Waals surface area contributed by atoms with Gasteiger partial charge in [-0.3, -0.25) is 9.59 Å². The zero-order valence-corrected chi connectivity index (χ0v) is 18.6. The third-order valence-electron chi connectivity index (χ3n) is 6.77. The number of aromatic amines is 1. The lowest BCUT2D eigenvalue weighted by molar-refractivity contribution is -0.125. The Morgan fingerprint density at radius 1 is 1.12 bits per heavy atom. The summed E-state index contributed by atoms with van der Waals surface area (Å²) >= 11 is 0. The van der Waals surface area contributed by atoms with E-state index in [2.05, 4.69) is 22.5 Å². The van der Waals surface area contributed by atoms with E-state index in [1.165, 1.54) is 0 Å². The number of hydrogen-bond acceptors (Lipinski definition) is 4. The lowest BCUT2D eigenvalue weighted by Crippen LogP contribution is -2.35. The molecule has 0 radical (unpaired) electrons. The first-order valence-electron chi connectivity index (χ1n) is 11.5. The van der Waals surface area contributed by atoms with Crippen molar-refractivity contribution in [1.29, 1.82) is 0 Å². The summed E-state index contributed by atoms with van der Waals surface area (Å²) < 4.78 is 5.21. The highest BCUT2D eigenvalue weighted by Gasteiger charge is 2.28. The molecule has 1 heterocycles. The number of imidazole rings is 1. The molecule has 2 aliphatic carbocycles. The molecule has 0 spiro atoms. The minimum Gasteiger partial charge on any atom is -0.497 e. The van der Waals surface area contributed by atoms with Crippen LogP contribution in [0.1, 0.15) is 67.2 Å². The summed E-state index contributed by atoms with van der Waals surface area (Å²) in [6.07, 6.45) is 11.1. The highest BCUT2D eigenvalue weighted by atomic mass is 16.5. The number of allylic oxidation sites excluding steroid dienone is 2. The Hall–Kier alpha value is -3.09. The molecule has 4 N–H and O–H groups in total. The fraction of sp³-hybridized carbons (Fsp3) is 0.480. The van der Waals surface area contributed by atoms with E-state index in [-0.39, 0.29) is 17.7 Å². The number of aromatic nitrogens is 2. The molecule has 1 aromatic carbocycles. The number of H-pyrrole nitrogens is 1. The summed E-state index contributed by atoms with van der Waals surface area (Å²) in [5.74, 6) is 2.12. The van der Waals surface area contributed by atoms with Crippen LogP contribution in [0.25, 0.3) is 11.3 Å². The van der Waals surface area contributed by atoms with Crippen LogP contribution in [0.4, 0.5) is 0 Å². The number of benzene rings is 1. The Morgan fingerprint density at radius 2 is 1.88 bits per heavy atom. The number of ether oxygens (including phenoxy) is 1. The number of carbonyl (C=O) groups excluding carboxylic acids is 2. The Kier molecular flexibility index (Phi) is 6.93. The van der Waals surface area contributed by atoms with Gasteiger partial charge in [-0.2, -0.15) is 0 Å². The maximum absolute atomic E-state index is 12.4. The van der Waals surface area contributed by atoms with Gasteiger partial charge in [0, 0.05) is 23.9 Å². The van der Waals surface area contributed by atoms with E-state index < -0.39 is 5.91 Å². The summed E-state index contributed by atoms with van der Waals surface area (Å²) in [5.41, 5.74) is 7.39. The van der Waals surface area contributed by atoms with Crippen LogP contribution in [0.3, 0.4) is 0 Å². The largest absolute Gasteiger partial charge is 0.497 e. The number of carbonyl (C=O) groups is 2.